The minimum atomic E-state index is -0.562. The first kappa shape index (κ1) is 21.8. The quantitative estimate of drug-likeness (QED) is 0.415. The Morgan fingerprint density at radius 2 is 2.06 bits per heavy atom. The molecular formula is C27H23FN4O2. The molecule has 1 saturated heterocycles. The predicted molar refractivity (Wildman–Crippen MR) is 130 cm³/mol. The van der Waals surface area contributed by atoms with E-state index in [1.807, 2.05) is 31.2 Å². The lowest BCUT2D eigenvalue weighted by molar-refractivity contribution is 0.386. The van der Waals surface area contributed by atoms with Gasteiger partial charge in [0.2, 0.25) is 0 Å². The van der Waals surface area contributed by atoms with Crippen LogP contribution in [0.25, 0.3) is 32.6 Å². The minimum absolute atomic E-state index is 0.100. The van der Waals surface area contributed by atoms with Crippen molar-refractivity contribution in [3.8, 4) is 22.6 Å². The molecule has 1 unspecified atom stereocenters. The van der Waals surface area contributed by atoms with Gasteiger partial charge < -0.3 is 10.1 Å². The average Bonchev–Trinajstić information content (AvgIpc) is 3.38. The monoisotopic (exact) mass is 454 g/mol. The van der Waals surface area contributed by atoms with Crippen molar-refractivity contribution in [2.24, 2.45) is 0 Å². The molecule has 0 saturated carbocycles. The van der Waals surface area contributed by atoms with E-state index in [4.69, 9.17) is 16.3 Å². The SMILES string of the molecule is [C-]#[N+]c1cc(-c2cccc(C)c2)c2nc(C3CCCN3)n(-c3ccc(OC)c(F)c3)c(=O)c2c1. The molecule has 0 radical (unpaired) electrons. The molecule has 0 spiro atoms. The summed E-state index contributed by atoms with van der Waals surface area (Å²) >= 11 is 0. The summed E-state index contributed by atoms with van der Waals surface area (Å²) in [5.74, 6) is 0.0693. The van der Waals surface area contributed by atoms with Gasteiger partial charge in [0, 0.05) is 6.07 Å². The fraction of sp³-hybridized carbons (Fsp3) is 0.222. The Bertz CT molecular complexity index is 1510. The summed E-state index contributed by atoms with van der Waals surface area (Å²) in [5.41, 5.74) is 3.61. The van der Waals surface area contributed by atoms with Gasteiger partial charge in [0.1, 0.15) is 5.82 Å². The lowest BCUT2D eigenvalue weighted by Crippen LogP contribution is -2.29. The maximum absolute atomic E-state index is 14.6. The maximum atomic E-state index is 14.6. The Hall–Kier alpha value is -4.02. The van der Waals surface area contributed by atoms with Crippen molar-refractivity contribution < 1.29 is 9.13 Å². The molecule has 170 valence electrons. The van der Waals surface area contributed by atoms with Crippen LogP contribution in [0, 0.1) is 19.3 Å². The largest absolute Gasteiger partial charge is 0.494 e. The van der Waals surface area contributed by atoms with Gasteiger partial charge in [-0.3, -0.25) is 9.36 Å². The third-order valence-corrected chi connectivity index (χ3v) is 6.21. The molecule has 34 heavy (non-hydrogen) atoms. The second-order valence-corrected chi connectivity index (χ2v) is 8.45. The zero-order valence-electron chi connectivity index (χ0n) is 18.9. The molecule has 2 heterocycles. The number of ether oxygens (including phenoxy) is 1. The van der Waals surface area contributed by atoms with Gasteiger partial charge in [0.25, 0.3) is 5.56 Å². The van der Waals surface area contributed by atoms with Crippen LogP contribution in [0.2, 0.25) is 0 Å². The smallest absolute Gasteiger partial charge is 0.264 e. The molecule has 1 atom stereocenters. The van der Waals surface area contributed by atoms with E-state index in [1.54, 1.807) is 18.2 Å². The summed E-state index contributed by atoms with van der Waals surface area (Å²) in [7, 11) is 1.40. The van der Waals surface area contributed by atoms with Gasteiger partial charge in [-0.15, -0.1) is 0 Å². The van der Waals surface area contributed by atoms with E-state index in [0.29, 0.717) is 28.1 Å². The van der Waals surface area contributed by atoms with E-state index >= 15 is 0 Å². The number of rotatable bonds is 4. The number of hydrogen-bond donors (Lipinski definition) is 1. The fourth-order valence-corrected chi connectivity index (χ4v) is 4.57. The number of aryl methyl sites for hydroxylation is 1. The Kier molecular flexibility index (Phi) is 5.60. The van der Waals surface area contributed by atoms with Crippen LogP contribution < -0.4 is 15.6 Å². The van der Waals surface area contributed by atoms with Crippen LogP contribution in [0.5, 0.6) is 5.75 Å². The van der Waals surface area contributed by atoms with Crippen molar-refractivity contribution >= 4 is 16.6 Å². The van der Waals surface area contributed by atoms with E-state index in [9.17, 15) is 9.18 Å². The lowest BCUT2D eigenvalue weighted by Gasteiger charge is -2.20. The first-order valence-corrected chi connectivity index (χ1v) is 11.1. The molecule has 1 aliphatic heterocycles. The van der Waals surface area contributed by atoms with Crippen LogP contribution in [0.15, 0.2) is 59.4 Å². The molecule has 0 amide bonds. The van der Waals surface area contributed by atoms with Gasteiger partial charge in [0.15, 0.2) is 17.3 Å². The second-order valence-electron chi connectivity index (χ2n) is 8.45. The van der Waals surface area contributed by atoms with Crippen molar-refractivity contribution in [3.63, 3.8) is 0 Å². The molecule has 7 heteroatoms. The molecule has 1 fully saturated rings. The standard InChI is InChI=1S/C27H23FN4O2/c1-16-6-4-7-17(12-16)20-13-18(29-2)14-21-25(20)31-26(23-8-5-11-30-23)32(27(21)33)19-9-10-24(34-3)22(28)15-19/h4,6-7,9-10,12-15,23,30H,5,8,11H2,1,3H3. The number of methoxy groups -OCH3 is 1. The number of benzene rings is 3. The molecule has 0 bridgehead atoms. The van der Waals surface area contributed by atoms with Crippen molar-refractivity contribution in [1.29, 1.82) is 0 Å². The molecule has 3 aromatic carbocycles. The number of hydrogen-bond acceptors (Lipinski definition) is 4. The molecular weight excluding hydrogens is 431 g/mol. The average molecular weight is 455 g/mol. The van der Waals surface area contributed by atoms with Crippen LogP contribution in [-0.2, 0) is 0 Å². The summed E-state index contributed by atoms with van der Waals surface area (Å²) in [6.45, 7) is 10.4. The lowest BCUT2D eigenvalue weighted by atomic mass is 9.99. The van der Waals surface area contributed by atoms with E-state index in [-0.39, 0.29) is 17.4 Å². The predicted octanol–water partition coefficient (Wildman–Crippen LogP) is 5.48. The number of nitrogens with one attached hydrogen (secondary N) is 1. The Labute approximate surface area is 196 Å². The molecule has 1 aromatic heterocycles. The van der Waals surface area contributed by atoms with Crippen molar-refractivity contribution in [1.82, 2.24) is 14.9 Å². The summed E-state index contributed by atoms with van der Waals surface area (Å²) in [4.78, 5) is 22.5. The maximum Gasteiger partial charge on any atom is 0.264 e. The van der Waals surface area contributed by atoms with Crippen LogP contribution in [0.4, 0.5) is 10.1 Å². The van der Waals surface area contributed by atoms with Crippen LogP contribution in [0.3, 0.4) is 0 Å². The fourth-order valence-electron chi connectivity index (χ4n) is 4.57. The highest BCUT2D eigenvalue weighted by molar-refractivity contribution is 5.96. The van der Waals surface area contributed by atoms with E-state index in [1.165, 1.54) is 23.8 Å². The highest BCUT2D eigenvalue weighted by Crippen LogP contribution is 2.34. The highest BCUT2D eigenvalue weighted by Gasteiger charge is 2.25. The van der Waals surface area contributed by atoms with E-state index in [2.05, 4.69) is 10.2 Å². The summed E-state index contributed by atoms with van der Waals surface area (Å²) in [6.07, 6.45) is 1.77. The number of halogens is 1. The van der Waals surface area contributed by atoms with Gasteiger partial charge in [0.05, 0.1) is 36.3 Å². The van der Waals surface area contributed by atoms with Crippen molar-refractivity contribution in [2.75, 3.05) is 13.7 Å². The highest BCUT2D eigenvalue weighted by atomic mass is 19.1. The Balaban J connectivity index is 1.86. The summed E-state index contributed by atoms with van der Waals surface area (Å²) < 4.78 is 21.1. The van der Waals surface area contributed by atoms with Crippen molar-refractivity contribution in [2.45, 2.75) is 25.8 Å². The van der Waals surface area contributed by atoms with Crippen LogP contribution >= 0.6 is 0 Å². The molecule has 1 N–H and O–H groups in total. The van der Waals surface area contributed by atoms with Gasteiger partial charge in [-0.2, -0.15) is 0 Å². The molecule has 6 nitrogen and oxygen atoms in total. The zero-order valence-corrected chi connectivity index (χ0v) is 18.9. The number of fused-ring (bicyclic) bond motifs is 1. The van der Waals surface area contributed by atoms with Gasteiger partial charge >= 0.3 is 0 Å². The first-order valence-electron chi connectivity index (χ1n) is 11.1. The molecule has 1 aliphatic rings. The topological polar surface area (TPSA) is 60.5 Å². The normalized spacial score (nSPS) is 15.4. The third kappa shape index (κ3) is 3.72. The second kappa shape index (κ2) is 8.73. The van der Waals surface area contributed by atoms with E-state index in [0.717, 1.165) is 36.1 Å². The Morgan fingerprint density at radius 3 is 2.74 bits per heavy atom. The molecule has 4 aromatic rings. The first-order chi connectivity index (χ1) is 16.5. The van der Waals surface area contributed by atoms with Crippen LogP contribution in [0.1, 0.15) is 30.3 Å². The Morgan fingerprint density at radius 1 is 1.21 bits per heavy atom. The van der Waals surface area contributed by atoms with E-state index < -0.39 is 5.82 Å². The molecule has 0 aliphatic carbocycles. The molecule has 5 rings (SSSR count). The van der Waals surface area contributed by atoms with Gasteiger partial charge in [-0.25, -0.2) is 14.2 Å². The zero-order chi connectivity index (χ0) is 23.8. The summed E-state index contributed by atoms with van der Waals surface area (Å²) in [6, 6.07) is 15.5. The minimum Gasteiger partial charge on any atom is -0.494 e. The van der Waals surface area contributed by atoms with Gasteiger partial charge in [-0.1, -0.05) is 29.8 Å². The van der Waals surface area contributed by atoms with Crippen LogP contribution in [-0.4, -0.2) is 23.2 Å². The third-order valence-electron chi connectivity index (χ3n) is 6.21. The number of nitrogens with zero attached hydrogens (tertiary/aromatic N) is 3. The summed E-state index contributed by atoms with van der Waals surface area (Å²) in [5, 5.41) is 3.74. The van der Waals surface area contributed by atoms with Gasteiger partial charge in [-0.05, 0) is 61.7 Å². The number of aromatic nitrogens is 2. The van der Waals surface area contributed by atoms with Crippen molar-refractivity contribution in [3.05, 3.63) is 93.6 Å².